The van der Waals surface area contributed by atoms with E-state index in [-0.39, 0.29) is 11.9 Å². The van der Waals surface area contributed by atoms with Crippen LogP contribution in [0.2, 0.25) is 0 Å². The highest BCUT2D eigenvalue weighted by atomic mass is 32.2. The fourth-order valence-corrected chi connectivity index (χ4v) is 3.55. The molecule has 1 heterocycles. The summed E-state index contributed by atoms with van der Waals surface area (Å²) in [5, 5.41) is 0.390. The van der Waals surface area contributed by atoms with Crippen LogP contribution in [0, 0.1) is 12.7 Å². The van der Waals surface area contributed by atoms with Crippen molar-refractivity contribution in [3.8, 4) is 0 Å². The summed E-state index contributed by atoms with van der Waals surface area (Å²) < 4.78 is 13.8. The Bertz CT molecular complexity index is 364. The maximum Gasteiger partial charge on any atom is 0.128 e. The first-order chi connectivity index (χ1) is 7.72. The molecule has 1 fully saturated rings. The Morgan fingerprint density at radius 2 is 2.38 bits per heavy atom. The minimum Gasteiger partial charge on any atom is -0.271 e. The largest absolute Gasteiger partial charge is 0.271 e. The number of thioether (sulfide) groups is 1. The molecule has 0 spiro atoms. The number of aryl methyl sites for hydroxylation is 1. The molecule has 0 bridgehead atoms. The topological polar surface area (TPSA) is 38.0 Å². The fraction of sp³-hybridized carbons (Fsp3) is 0.500. The molecule has 1 saturated heterocycles. The predicted molar refractivity (Wildman–Crippen MR) is 66.7 cm³/mol. The monoisotopic (exact) mass is 240 g/mol. The van der Waals surface area contributed by atoms with Crippen LogP contribution in [0.1, 0.15) is 30.0 Å². The van der Waals surface area contributed by atoms with E-state index < -0.39 is 0 Å². The van der Waals surface area contributed by atoms with E-state index in [4.69, 9.17) is 5.84 Å². The van der Waals surface area contributed by atoms with E-state index in [1.54, 1.807) is 6.07 Å². The normalized spacial score (nSPS) is 22.3. The van der Waals surface area contributed by atoms with Gasteiger partial charge in [-0.15, -0.1) is 0 Å². The molecule has 0 radical (unpaired) electrons. The summed E-state index contributed by atoms with van der Waals surface area (Å²) in [6, 6.07) is 5.12. The van der Waals surface area contributed by atoms with Gasteiger partial charge in [-0.05, 0) is 31.6 Å². The molecule has 0 aliphatic carbocycles. The van der Waals surface area contributed by atoms with Gasteiger partial charge in [0.1, 0.15) is 5.82 Å². The molecular formula is C12H17FN2S. The van der Waals surface area contributed by atoms with Gasteiger partial charge in [0.2, 0.25) is 0 Å². The van der Waals surface area contributed by atoms with Gasteiger partial charge in [-0.25, -0.2) is 4.39 Å². The van der Waals surface area contributed by atoms with Crippen molar-refractivity contribution < 1.29 is 4.39 Å². The van der Waals surface area contributed by atoms with Crippen molar-refractivity contribution >= 4 is 11.8 Å². The molecule has 0 saturated carbocycles. The van der Waals surface area contributed by atoms with Crippen LogP contribution in [-0.4, -0.2) is 11.0 Å². The molecular weight excluding hydrogens is 223 g/mol. The Morgan fingerprint density at radius 1 is 1.56 bits per heavy atom. The number of nitrogens with one attached hydrogen (secondary N) is 1. The van der Waals surface area contributed by atoms with E-state index in [0.29, 0.717) is 10.8 Å². The van der Waals surface area contributed by atoms with Crippen LogP contribution in [0.15, 0.2) is 18.2 Å². The fourth-order valence-electron chi connectivity index (χ4n) is 2.16. The summed E-state index contributed by atoms with van der Waals surface area (Å²) in [5.41, 5.74) is 4.53. The number of nitrogens with two attached hydrogens (primary N) is 1. The van der Waals surface area contributed by atoms with Crippen molar-refractivity contribution in [1.29, 1.82) is 0 Å². The van der Waals surface area contributed by atoms with Gasteiger partial charge in [0, 0.05) is 10.8 Å². The van der Waals surface area contributed by atoms with Crippen LogP contribution < -0.4 is 11.3 Å². The summed E-state index contributed by atoms with van der Waals surface area (Å²) in [4.78, 5) is 0. The molecule has 2 atom stereocenters. The molecule has 2 unspecified atom stereocenters. The van der Waals surface area contributed by atoms with Crippen LogP contribution in [0.4, 0.5) is 4.39 Å². The maximum atomic E-state index is 13.8. The molecule has 2 rings (SSSR count). The van der Waals surface area contributed by atoms with Crippen molar-refractivity contribution in [2.75, 3.05) is 5.75 Å². The number of halogens is 1. The SMILES string of the molecule is Cc1ccc(F)c(C(NN)C2CCCS2)c1. The summed E-state index contributed by atoms with van der Waals surface area (Å²) in [6.45, 7) is 1.97. The second-order valence-electron chi connectivity index (χ2n) is 4.22. The van der Waals surface area contributed by atoms with Gasteiger partial charge in [0.15, 0.2) is 0 Å². The van der Waals surface area contributed by atoms with Gasteiger partial charge in [-0.1, -0.05) is 17.7 Å². The molecule has 1 aliphatic rings. The molecule has 0 amide bonds. The zero-order valence-electron chi connectivity index (χ0n) is 9.37. The van der Waals surface area contributed by atoms with Crippen LogP contribution >= 0.6 is 11.8 Å². The lowest BCUT2D eigenvalue weighted by Gasteiger charge is -2.23. The summed E-state index contributed by atoms with van der Waals surface area (Å²) in [6.07, 6.45) is 2.30. The summed E-state index contributed by atoms with van der Waals surface area (Å²) in [5.74, 6) is 6.56. The number of benzene rings is 1. The third-order valence-corrected chi connectivity index (χ3v) is 4.46. The zero-order chi connectivity index (χ0) is 11.5. The molecule has 16 heavy (non-hydrogen) atoms. The van der Waals surface area contributed by atoms with Gasteiger partial charge in [-0.3, -0.25) is 11.3 Å². The van der Waals surface area contributed by atoms with Crippen molar-refractivity contribution in [3.63, 3.8) is 0 Å². The molecule has 3 N–H and O–H groups in total. The second-order valence-corrected chi connectivity index (χ2v) is 5.57. The quantitative estimate of drug-likeness (QED) is 0.630. The van der Waals surface area contributed by atoms with Gasteiger partial charge in [0.05, 0.1) is 6.04 Å². The number of rotatable bonds is 3. The Morgan fingerprint density at radius 3 is 3.00 bits per heavy atom. The Balaban J connectivity index is 2.28. The van der Waals surface area contributed by atoms with Crippen molar-refractivity contribution in [3.05, 3.63) is 35.1 Å². The van der Waals surface area contributed by atoms with Crippen molar-refractivity contribution in [2.45, 2.75) is 31.1 Å². The Hall–Kier alpha value is -0.580. The maximum absolute atomic E-state index is 13.8. The van der Waals surface area contributed by atoms with Gasteiger partial charge in [-0.2, -0.15) is 11.8 Å². The first-order valence-corrected chi connectivity index (χ1v) is 6.61. The van der Waals surface area contributed by atoms with Crippen LogP contribution in [-0.2, 0) is 0 Å². The average molecular weight is 240 g/mol. The van der Waals surface area contributed by atoms with Crippen LogP contribution in [0.25, 0.3) is 0 Å². The number of hydrazine groups is 1. The van der Waals surface area contributed by atoms with Crippen molar-refractivity contribution in [2.24, 2.45) is 5.84 Å². The van der Waals surface area contributed by atoms with E-state index in [1.165, 1.54) is 12.5 Å². The van der Waals surface area contributed by atoms with Gasteiger partial charge in [0.25, 0.3) is 0 Å². The average Bonchev–Trinajstić information content (AvgIpc) is 2.78. The van der Waals surface area contributed by atoms with E-state index in [9.17, 15) is 4.39 Å². The summed E-state index contributed by atoms with van der Waals surface area (Å²) in [7, 11) is 0. The first kappa shape index (κ1) is 11.9. The lowest BCUT2D eigenvalue weighted by molar-refractivity contribution is 0.489. The minimum absolute atomic E-state index is 0.0765. The Labute approximate surface area is 99.8 Å². The number of hydrogen-bond acceptors (Lipinski definition) is 3. The standard InChI is InChI=1S/C12H17FN2S/c1-8-4-5-10(13)9(7-8)12(15-14)11-3-2-6-16-11/h4-5,7,11-12,15H,2-3,6,14H2,1H3. The third-order valence-electron chi connectivity index (χ3n) is 3.00. The van der Waals surface area contributed by atoms with E-state index >= 15 is 0 Å². The zero-order valence-corrected chi connectivity index (χ0v) is 10.2. The van der Waals surface area contributed by atoms with Crippen LogP contribution in [0.3, 0.4) is 0 Å². The predicted octanol–water partition coefficient (Wildman–Crippen LogP) is 2.53. The number of hydrogen-bond donors (Lipinski definition) is 2. The second kappa shape index (κ2) is 5.17. The molecule has 2 nitrogen and oxygen atoms in total. The van der Waals surface area contributed by atoms with Crippen LogP contribution in [0.5, 0.6) is 0 Å². The lowest BCUT2D eigenvalue weighted by atomic mass is 9.99. The lowest BCUT2D eigenvalue weighted by Crippen LogP contribution is -2.34. The van der Waals surface area contributed by atoms with E-state index in [2.05, 4.69) is 5.43 Å². The van der Waals surface area contributed by atoms with Gasteiger partial charge < -0.3 is 0 Å². The molecule has 4 heteroatoms. The highest BCUT2D eigenvalue weighted by Crippen LogP contribution is 2.36. The minimum atomic E-state index is -0.166. The molecule has 1 aromatic rings. The smallest absolute Gasteiger partial charge is 0.128 e. The third kappa shape index (κ3) is 2.39. The first-order valence-electron chi connectivity index (χ1n) is 5.56. The van der Waals surface area contributed by atoms with E-state index in [0.717, 1.165) is 17.7 Å². The molecule has 1 aliphatic heterocycles. The summed E-state index contributed by atoms with van der Waals surface area (Å²) >= 11 is 1.88. The molecule has 88 valence electrons. The van der Waals surface area contributed by atoms with E-state index in [1.807, 2.05) is 24.8 Å². The van der Waals surface area contributed by atoms with Crippen molar-refractivity contribution in [1.82, 2.24) is 5.43 Å². The van der Waals surface area contributed by atoms with Gasteiger partial charge >= 0.3 is 0 Å². The Kier molecular flexibility index (Phi) is 3.84. The molecule has 1 aromatic carbocycles. The highest BCUT2D eigenvalue weighted by molar-refractivity contribution is 8.00. The highest BCUT2D eigenvalue weighted by Gasteiger charge is 2.27. The molecule has 0 aromatic heterocycles.